The van der Waals surface area contributed by atoms with Crippen LogP contribution in [0.1, 0.15) is 24.8 Å². The molecule has 1 amide bonds. The number of hydrogen-bond acceptors (Lipinski definition) is 5. The third kappa shape index (κ3) is 5.06. The van der Waals surface area contributed by atoms with E-state index in [-0.39, 0.29) is 17.2 Å². The van der Waals surface area contributed by atoms with E-state index in [9.17, 15) is 13.2 Å². The average Bonchev–Trinajstić information content (AvgIpc) is 3.28. The van der Waals surface area contributed by atoms with Gasteiger partial charge in [-0.2, -0.15) is 4.31 Å². The Morgan fingerprint density at radius 2 is 1.73 bits per heavy atom. The number of ether oxygens (including phenoxy) is 2. The molecule has 1 saturated heterocycles. The maximum Gasteiger partial charge on any atom is 0.243 e. The van der Waals surface area contributed by atoms with E-state index in [0.717, 1.165) is 12.8 Å². The molecule has 3 rings (SSSR count). The van der Waals surface area contributed by atoms with E-state index < -0.39 is 10.0 Å². The number of nitrogens with one attached hydrogen (secondary N) is 1. The molecule has 30 heavy (non-hydrogen) atoms. The van der Waals surface area contributed by atoms with E-state index in [0.29, 0.717) is 47.3 Å². The van der Waals surface area contributed by atoms with Crippen LogP contribution in [-0.2, 0) is 21.2 Å². The second-order valence-electron chi connectivity index (χ2n) is 6.98. The first-order chi connectivity index (χ1) is 14.3. The lowest BCUT2D eigenvalue weighted by atomic mass is 10.1. The van der Waals surface area contributed by atoms with Crippen LogP contribution in [0.4, 0.5) is 5.69 Å². The molecule has 1 aliphatic rings. The summed E-state index contributed by atoms with van der Waals surface area (Å²) in [6.07, 6.45) is 2.20. The Morgan fingerprint density at radius 1 is 1.07 bits per heavy atom. The number of hydrogen-bond donors (Lipinski definition) is 1. The molecule has 1 fully saturated rings. The van der Waals surface area contributed by atoms with Crippen LogP contribution >= 0.6 is 11.6 Å². The van der Waals surface area contributed by atoms with Crippen molar-refractivity contribution in [1.82, 2.24) is 4.31 Å². The van der Waals surface area contributed by atoms with Crippen molar-refractivity contribution in [2.75, 3.05) is 32.6 Å². The number of amides is 1. The zero-order valence-corrected chi connectivity index (χ0v) is 18.6. The van der Waals surface area contributed by atoms with Gasteiger partial charge in [0.2, 0.25) is 15.9 Å². The Kier molecular flexibility index (Phi) is 7.23. The summed E-state index contributed by atoms with van der Waals surface area (Å²) in [6.45, 7) is 1.07. The molecule has 0 unspecified atom stereocenters. The minimum absolute atomic E-state index is 0.138. The molecule has 7 nitrogen and oxygen atoms in total. The van der Waals surface area contributed by atoms with Gasteiger partial charge in [-0.3, -0.25) is 4.79 Å². The fourth-order valence-corrected chi connectivity index (χ4v) is 5.17. The molecule has 9 heteroatoms. The SMILES string of the molecule is COc1ccc(S(=O)(=O)N2CCCC2)cc1CCC(=O)Nc1cc(Cl)ccc1OC. The van der Waals surface area contributed by atoms with Crippen LogP contribution in [0.15, 0.2) is 41.3 Å². The molecule has 2 aromatic rings. The number of methoxy groups -OCH3 is 2. The van der Waals surface area contributed by atoms with Crippen LogP contribution in [0.2, 0.25) is 5.02 Å². The van der Waals surface area contributed by atoms with Gasteiger partial charge in [-0.1, -0.05) is 11.6 Å². The molecule has 0 atom stereocenters. The van der Waals surface area contributed by atoms with Crippen LogP contribution < -0.4 is 14.8 Å². The predicted octanol–water partition coefficient (Wildman–Crippen LogP) is 3.71. The molecule has 0 aromatic heterocycles. The Balaban J connectivity index is 1.74. The maximum atomic E-state index is 12.8. The van der Waals surface area contributed by atoms with Gasteiger partial charge in [-0.15, -0.1) is 0 Å². The summed E-state index contributed by atoms with van der Waals surface area (Å²) >= 11 is 6.00. The summed E-state index contributed by atoms with van der Waals surface area (Å²) < 4.78 is 37.8. The maximum absolute atomic E-state index is 12.8. The van der Waals surface area contributed by atoms with Crippen molar-refractivity contribution >= 4 is 33.2 Å². The van der Waals surface area contributed by atoms with Gasteiger partial charge >= 0.3 is 0 Å². The van der Waals surface area contributed by atoms with Gasteiger partial charge in [0, 0.05) is 24.5 Å². The molecule has 1 N–H and O–H groups in total. The summed E-state index contributed by atoms with van der Waals surface area (Å²) in [6, 6.07) is 9.74. The third-order valence-corrected chi connectivity index (χ3v) is 7.14. The predicted molar refractivity (Wildman–Crippen MR) is 116 cm³/mol. The molecule has 1 aliphatic heterocycles. The number of rotatable bonds is 8. The quantitative estimate of drug-likeness (QED) is 0.659. The van der Waals surface area contributed by atoms with Crippen molar-refractivity contribution in [3.05, 3.63) is 47.0 Å². The normalized spacial score (nSPS) is 14.5. The fraction of sp³-hybridized carbons (Fsp3) is 0.381. The van der Waals surface area contributed by atoms with E-state index in [1.165, 1.54) is 18.5 Å². The third-order valence-electron chi connectivity index (χ3n) is 5.01. The molecular weight excluding hydrogens is 428 g/mol. The van der Waals surface area contributed by atoms with Crippen LogP contribution in [0.3, 0.4) is 0 Å². The first-order valence-corrected chi connectivity index (χ1v) is 11.5. The molecule has 2 aromatic carbocycles. The topological polar surface area (TPSA) is 84.9 Å². The minimum Gasteiger partial charge on any atom is -0.496 e. The second-order valence-corrected chi connectivity index (χ2v) is 9.35. The molecule has 0 aliphatic carbocycles. The van der Waals surface area contributed by atoms with Crippen molar-refractivity contribution in [3.63, 3.8) is 0 Å². The monoisotopic (exact) mass is 452 g/mol. The number of halogens is 1. The van der Waals surface area contributed by atoms with Crippen molar-refractivity contribution in [3.8, 4) is 11.5 Å². The second kappa shape index (κ2) is 9.68. The summed E-state index contributed by atoms with van der Waals surface area (Å²) in [5, 5.41) is 3.26. The van der Waals surface area contributed by atoms with E-state index in [4.69, 9.17) is 21.1 Å². The highest BCUT2D eigenvalue weighted by atomic mass is 35.5. The van der Waals surface area contributed by atoms with E-state index in [1.54, 1.807) is 36.4 Å². The largest absolute Gasteiger partial charge is 0.496 e. The van der Waals surface area contributed by atoms with Crippen molar-refractivity contribution in [2.24, 2.45) is 0 Å². The number of aryl methyl sites for hydroxylation is 1. The van der Waals surface area contributed by atoms with Gasteiger partial charge in [0.25, 0.3) is 0 Å². The first kappa shape index (κ1) is 22.4. The Morgan fingerprint density at radius 3 is 2.40 bits per heavy atom. The first-order valence-electron chi connectivity index (χ1n) is 9.65. The average molecular weight is 453 g/mol. The number of carbonyl (C=O) groups excluding carboxylic acids is 1. The number of nitrogens with zero attached hydrogens (tertiary/aromatic N) is 1. The smallest absolute Gasteiger partial charge is 0.243 e. The zero-order chi connectivity index (χ0) is 21.7. The van der Waals surface area contributed by atoms with Gasteiger partial charge < -0.3 is 14.8 Å². The summed E-state index contributed by atoms with van der Waals surface area (Å²) in [4.78, 5) is 12.7. The van der Waals surface area contributed by atoms with Crippen molar-refractivity contribution < 1.29 is 22.7 Å². The minimum atomic E-state index is -3.54. The lowest BCUT2D eigenvalue weighted by Gasteiger charge is -2.17. The lowest BCUT2D eigenvalue weighted by Crippen LogP contribution is -2.28. The van der Waals surface area contributed by atoms with Crippen LogP contribution in [0.5, 0.6) is 11.5 Å². The zero-order valence-electron chi connectivity index (χ0n) is 17.0. The highest BCUT2D eigenvalue weighted by Gasteiger charge is 2.27. The number of benzene rings is 2. The highest BCUT2D eigenvalue weighted by molar-refractivity contribution is 7.89. The van der Waals surface area contributed by atoms with Gasteiger partial charge in [-0.05, 0) is 61.2 Å². The number of sulfonamides is 1. The van der Waals surface area contributed by atoms with E-state index in [1.807, 2.05) is 0 Å². The molecule has 1 heterocycles. The lowest BCUT2D eigenvalue weighted by molar-refractivity contribution is -0.116. The molecule has 0 bridgehead atoms. The van der Waals surface area contributed by atoms with Gasteiger partial charge in [0.15, 0.2) is 0 Å². The standard InChI is InChI=1S/C21H25ClN2O5S/c1-28-19-9-7-17(30(26,27)24-11-3-4-12-24)13-15(19)5-10-21(25)23-18-14-16(22)6-8-20(18)29-2/h6-9,13-14H,3-5,10-12H2,1-2H3,(H,23,25). The van der Waals surface area contributed by atoms with Gasteiger partial charge in [0.1, 0.15) is 11.5 Å². The molecule has 162 valence electrons. The number of carbonyl (C=O) groups is 1. The van der Waals surface area contributed by atoms with E-state index >= 15 is 0 Å². The van der Waals surface area contributed by atoms with Crippen LogP contribution in [0.25, 0.3) is 0 Å². The molecular formula is C21H25ClN2O5S. The van der Waals surface area contributed by atoms with Gasteiger partial charge in [-0.25, -0.2) is 8.42 Å². The van der Waals surface area contributed by atoms with Gasteiger partial charge in [0.05, 0.1) is 24.8 Å². The highest BCUT2D eigenvalue weighted by Crippen LogP contribution is 2.29. The Hall–Kier alpha value is -2.29. The summed E-state index contributed by atoms with van der Waals surface area (Å²) in [5.74, 6) is 0.804. The number of anilines is 1. The molecule has 0 saturated carbocycles. The van der Waals surface area contributed by atoms with Crippen LogP contribution in [-0.4, -0.2) is 45.9 Å². The Bertz CT molecular complexity index is 1020. The molecule has 0 radical (unpaired) electrons. The fourth-order valence-electron chi connectivity index (χ4n) is 3.43. The summed E-state index contributed by atoms with van der Waals surface area (Å²) in [7, 11) is -0.513. The molecule has 0 spiro atoms. The van der Waals surface area contributed by atoms with Crippen LogP contribution in [0, 0.1) is 0 Å². The summed E-state index contributed by atoms with van der Waals surface area (Å²) in [5.41, 5.74) is 1.14. The Labute approximate surface area is 182 Å². The van der Waals surface area contributed by atoms with Crippen molar-refractivity contribution in [2.45, 2.75) is 30.6 Å². The van der Waals surface area contributed by atoms with Crippen molar-refractivity contribution in [1.29, 1.82) is 0 Å². The van der Waals surface area contributed by atoms with E-state index in [2.05, 4.69) is 5.32 Å².